The number of hydrogen-bond acceptors (Lipinski definition) is 3. The molecule has 0 aliphatic heterocycles. The number of halogens is 3. The van der Waals surface area contributed by atoms with E-state index in [0.29, 0.717) is 6.07 Å². The molecule has 1 heterocycles. The lowest BCUT2D eigenvalue weighted by Crippen LogP contribution is -2.17. The number of nitrogens with one attached hydrogen (secondary N) is 1. The van der Waals surface area contributed by atoms with Crippen molar-refractivity contribution in [3.8, 4) is 0 Å². The van der Waals surface area contributed by atoms with Crippen LogP contribution in [0.25, 0.3) is 10.9 Å². The maximum atomic E-state index is 12.6. The lowest BCUT2D eigenvalue weighted by atomic mass is 10.1. The lowest BCUT2D eigenvalue weighted by molar-refractivity contribution is -0.137. The molecule has 0 aliphatic rings. The molecule has 7 heteroatoms. The molecule has 0 fully saturated rings. The molecule has 0 amide bonds. The van der Waals surface area contributed by atoms with Gasteiger partial charge >= 0.3 is 12.1 Å². The molecule has 0 saturated carbocycles. The molecular weight excluding hydrogens is 263 g/mol. The van der Waals surface area contributed by atoms with Gasteiger partial charge in [-0.05, 0) is 18.2 Å². The third kappa shape index (κ3) is 2.31. The van der Waals surface area contributed by atoms with E-state index in [-0.39, 0.29) is 16.5 Å². The van der Waals surface area contributed by atoms with Gasteiger partial charge in [-0.2, -0.15) is 13.2 Å². The largest absolute Gasteiger partial charge is 0.465 e. The van der Waals surface area contributed by atoms with Gasteiger partial charge in [0.2, 0.25) is 5.43 Å². The Labute approximate surface area is 104 Å². The number of esters is 1. The second-order valence-electron chi connectivity index (χ2n) is 3.78. The Hall–Kier alpha value is -2.31. The summed E-state index contributed by atoms with van der Waals surface area (Å²) in [7, 11) is 1.08. The van der Waals surface area contributed by atoms with Crippen molar-refractivity contribution in [2.24, 2.45) is 0 Å². The summed E-state index contributed by atoms with van der Waals surface area (Å²) in [6, 6.07) is 2.71. The Bertz CT molecular complexity index is 703. The van der Waals surface area contributed by atoms with E-state index in [9.17, 15) is 22.8 Å². The second-order valence-corrected chi connectivity index (χ2v) is 3.78. The summed E-state index contributed by atoms with van der Waals surface area (Å²) in [5.74, 6) is -0.902. The number of methoxy groups -OCH3 is 1. The van der Waals surface area contributed by atoms with E-state index in [0.717, 1.165) is 25.4 Å². The molecular formula is C12H8F3NO3. The molecule has 1 aromatic heterocycles. The molecule has 100 valence electrons. The number of alkyl halides is 3. The molecule has 2 aromatic rings. The standard InChI is InChI=1S/C12H8F3NO3/c1-19-11(18)8-5-16-9-3-2-6(12(13,14)15)4-7(9)10(8)17/h2-5H,1H3,(H,16,17). The minimum atomic E-state index is -4.55. The van der Waals surface area contributed by atoms with Gasteiger partial charge in [-0.3, -0.25) is 4.79 Å². The smallest absolute Gasteiger partial charge is 0.416 e. The first kappa shape index (κ1) is 13.1. The van der Waals surface area contributed by atoms with E-state index in [4.69, 9.17) is 0 Å². The zero-order valence-corrected chi connectivity index (χ0v) is 9.67. The Kier molecular flexibility index (Phi) is 3.05. The van der Waals surface area contributed by atoms with Crippen LogP contribution in [-0.2, 0) is 10.9 Å². The van der Waals surface area contributed by atoms with E-state index in [1.54, 1.807) is 0 Å². The van der Waals surface area contributed by atoms with Gasteiger partial charge in [0.05, 0.1) is 12.7 Å². The number of fused-ring (bicyclic) bond motifs is 1. The third-order valence-corrected chi connectivity index (χ3v) is 2.61. The van der Waals surface area contributed by atoms with Crippen molar-refractivity contribution in [1.29, 1.82) is 0 Å². The number of H-pyrrole nitrogens is 1. The van der Waals surface area contributed by atoms with Crippen LogP contribution in [0.5, 0.6) is 0 Å². The molecule has 0 bridgehead atoms. The SMILES string of the molecule is COC(=O)c1c[nH]c2ccc(C(F)(F)F)cc2c1=O. The number of ether oxygens (including phenoxy) is 1. The van der Waals surface area contributed by atoms with Crippen LogP contribution in [0.1, 0.15) is 15.9 Å². The first-order chi connectivity index (χ1) is 8.84. The fraction of sp³-hybridized carbons (Fsp3) is 0.167. The number of carbonyl (C=O) groups is 1. The maximum absolute atomic E-state index is 12.6. The maximum Gasteiger partial charge on any atom is 0.416 e. The van der Waals surface area contributed by atoms with Gasteiger partial charge < -0.3 is 9.72 Å². The first-order valence-electron chi connectivity index (χ1n) is 5.15. The van der Waals surface area contributed by atoms with Crippen molar-refractivity contribution in [3.63, 3.8) is 0 Å². The summed E-state index contributed by atoms with van der Waals surface area (Å²) in [6.45, 7) is 0. The molecule has 1 N–H and O–H groups in total. The van der Waals surface area contributed by atoms with Gasteiger partial charge in [-0.25, -0.2) is 4.79 Å². The molecule has 2 rings (SSSR count). The summed E-state index contributed by atoms with van der Waals surface area (Å²) < 4.78 is 42.1. The number of carbonyl (C=O) groups excluding carboxylic acids is 1. The predicted molar refractivity (Wildman–Crippen MR) is 60.9 cm³/mol. The van der Waals surface area contributed by atoms with E-state index >= 15 is 0 Å². The zero-order valence-electron chi connectivity index (χ0n) is 9.67. The van der Waals surface area contributed by atoms with Crippen molar-refractivity contribution in [2.75, 3.05) is 7.11 Å². The third-order valence-electron chi connectivity index (χ3n) is 2.61. The van der Waals surface area contributed by atoms with Crippen molar-refractivity contribution in [2.45, 2.75) is 6.18 Å². The van der Waals surface area contributed by atoms with Gasteiger partial charge in [-0.15, -0.1) is 0 Å². The van der Waals surface area contributed by atoms with E-state index in [1.165, 1.54) is 0 Å². The number of rotatable bonds is 1. The summed E-state index contributed by atoms with van der Waals surface area (Å²) in [5, 5.41) is -0.210. The summed E-state index contributed by atoms with van der Waals surface area (Å²) in [6.07, 6.45) is -3.44. The Morgan fingerprint density at radius 2 is 2.00 bits per heavy atom. The van der Waals surface area contributed by atoms with E-state index in [2.05, 4.69) is 9.72 Å². The number of benzene rings is 1. The monoisotopic (exact) mass is 271 g/mol. The Balaban J connectivity index is 2.73. The van der Waals surface area contributed by atoms with Crippen LogP contribution in [0.3, 0.4) is 0 Å². The molecule has 0 saturated heterocycles. The molecule has 4 nitrogen and oxygen atoms in total. The molecule has 0 atom stereocenters. The van der Waals surface area contributed by atoms with Crippen LogP contribution in [0, 0.1) is 0 Å². The van der Waals surface area contributed by atoms with Crippen molar-refractivity contribution < 1.29 is 22.7 Å². The highest BCUT2D eigenvalue weighted by Gasteiger charge is 2.30. The van der Waals surface area contributed by atoms with Crippen LogP contribution in [-0.4, -0.2) is 18.1 Å². The Morgan fingerprint density at radius 1 is 1.32 bits per heavy atom. The molecule has 0 aliphatic carbocycles. The van der Waals surface area contributed by atoms with E-state index in [1.807, 2.05) is 0 Å². The summed E-state index contributed by atoms with van der Waals surface area (Å²) >= 11 is 0. The number of aromatic amines is 1. The lowest BCUT2D eigenvalue weighted by Gasteiger charge is -2.08. The fourth-order valence-corrected chi connectivity index (χ4v) is 1.66. The summed E-state index contributed by atoms with van der Waals surface area (Å²) in [5.41, 5.74) is -1.88. The molecule has 1 aromatic carbocycles. The number of hydrogen-bond donors (Lipinski definition) is 1. The molecule has 0 radical (unpaired) electrons. The van der Waals surface area contributed by atoms with Crippen LogP contribution in [0.2, 0.25) is 0 Å². The van der Waals surface area contributed by atoms with Crippen molar-refractivity contribution >= 4 is 16.9 Å². The number of aromatic nitrogens is 1. The first-order valence-corrected chi connectivity index (χ1v) is 5.15. The average Bonchev–Trinajstić information content (AvgIpc) is 2.37. The van der Waals surface area contributed by atoms with Crippen LogP contribution < -0.4 is 5.43 Å². The normalized spacial score (nSPS) is 11.6. The highest BCUT2D eigenvalue weighted by atomic mass is 19.4. The van der Waals surface area contributed by atoms with Crippen LogP contribution in [0.15, 0.2) is 29.2 Å². The van der Waals surface area contributed by atoms with Gasteiger partial charge in [0.25, 0.3) is 0 Å². The quantitative estimate of drug-likeness (QED) is 0.810. The van der Waals surface area contributed by atoms with Crippen LogP contribution in [0.4, 0.5) is 13.2 Å². The molecule has 19 heavy (non-hydrogen) atoms. The summed E-state index contributed by atoms with van der Waals surface area (Å²) in [4.78, 5) is 25.8. The molecule has 0 unspecified atom stereocenters. The fourth-order valence-electron chi connectivity index (χ4n) is 1.66. The van der Waals surface area contributed by atoms with Crippen molar-refractivity contribution in [3.05, 3.63) is 45.7 Å². The number of pyridine rings is 1. The minimum Gasteiger partial charge on any atom is -0.465 e. The van der Waals surface area contributed by atoms with Gasteiger partial charge in [0.1, 0.15) is 5.56 Å². The molecule has 0 spiro atoms. The average molecular weight is 271 g/mol. The highest BCUT2D eigenvalue weighted by Crippen LogP contribution is 2.30. The topological polar surface area (TPSA) is 59.2 Å². The zero-order chi connectivity index (χ0) is 14.2. The highest BCUT2D eigenvalue weighted by molar-refractivity contribution is 5.93. The second kappa shape index (κ2) is 4.42. The van der Waals surface area contributed by atoms with Gasteiger partial charge in [0, 0.05) is 17.1 Å². The van der Waals surface area contributed by atoms with Gasteiger partial charge in [-0.1, -0.05) is 0 Å². The predicted octanol–water partition coefficient (Wildman–Crippen LogP) is 2.33. The van der Waals surface area contributed by atoms with Gasteiger partial charge in [0.15, 0.2) is 0 Å². The van der Waals surface area contributed by atoms with Crippen molar-refractivity contribution in [1.82, 2.24) is 4.98 Å². The Morgan fingerprint density at radius 3 is 2.58 bits per heavy atom. The van der Waals surface area contributed by atoms with E-state index < -0.39 is 23.1 Å². The minimum absolute atomic E-state index is 0.210. The van der Waals surface area contributed by atoms with Crippen LogP contribution >= 0.6 is 0 Å².